The van der Waals surface area contributed by atoms with Gasteiger partial charge in [-0.25, -0.2) is 4.39 Å². The van der Waals surface area contributed by atoms with Crippen molar-refractivity contribution < 1.29 is 9.18 Å². The van der Waals surface area contributed by atoms with E-state index in [1.165, 1.54) is 12.1 Å². The number of benzene rings is 1. The van der Waals surface area contributed by atoms with E-state index in [9.17, 15) is 9.18 Å². The van der Waals surface area contributed by atoms with Crippen LogP contribution in [-0.4, -0.2) is 11.4 Å². The van der Waals surface area contributed by atoms with Crippen molar-refractivity contribution in [3.63, 3.8) is 0 Å². The summed E-state index contributed by atoms with van der Waals surface area (Å²) >= 11 is 0. The van der Waals surface area contributed by atoms with Crippen molar-refractivity contribution in [3.05, 3.63) is 35.6 Å². The summed E-state index contributed by atoms with van der Waals surface area (Å²) in [4.78, 5) is 11.6. The lowest BCUT2D eigenvalue weighted by Gasteiger charge is -2.22. The summed E-state index contributed by atoms with van der Waals surface area (Å²) in [6.07, 6.45) is 0. The second-order valence-corrected chi connectivity index (χ2v) is 4.47. The van der Waals surface area contributed by atoms with Crippen LogP contribution in [-0.2, 0) is 4.79 Å². The molecule has 0 spiro atoms. The molecule has 1 unspecified atom stereocenters. The molecule has 0 radical (unpaired) electrons. The third-order valence-corrected chi connectivity index (χ3v) is 2.30. The second-order valence-electron chi connectivity index (χ2n) is 4.47. The van der Waals surface area contributed by atoms with E-state index in [1.807, 2.05) is 6.92 Å². The summed E-state index contributed by atoms with van der Waals surface area (Å²) in [5.41, 5.74) is 5.60. The van der Waals surface area contributed by atoms with Gasteiger partial charge in [-0.3, -0.25) is 4.79 Å². The van der Waals surface area contributed by atoms with Crippen LogP contribution in [0.3, 0.4) is 0 Å². The molecular formula is C12H17FN2O. The fraction of sp³-hybridized carbons (Fsp3) is 0.417. The second kappa shape index (κ2) is 4.61. The number of rotatable bonds is 3. The third-order valence-electron chi connectivity index (χ3n) is 2.30. The molecule has 1 rings (SSSR count). The molecule has 88 valence electrons. The highest BCUT2D eigenvalue weighted by atomic mass is 19.1. The van der Waals surface area contributed by atoms with Crippen LogP contribution in [0.1, 0.15) is 32.4 Å². The molecule has 16 heavy (non-hydrogen) atoms. The predicted molar refractivity (Wildman–Crippen MR) is 61.2 cm³/mol. The Bertz CT molecular complexity index is 368. The van der Waals surface area contributed by atoms with E-state index in [0.29, 0.717) is 0 Å². The molecule has 0 aliphatic heterocycles. The van der Waals surface area contributed by atoms with Gasteiger partial charge in [0.15, 0.2) is 0 Å². The topological polar surface area (TPSA) is 55.1 Å². The summed E-state index contributed by atoms with van der Waals surface area (Å²) in [5.74, 6) is -0.522. The zero-order chi connectivity index (χ0) is 12.3. The maximum Gasteiger partial charge on any atom is 0.239 e. The fourth-order valence-electron chi connectivity index (χ4n) is 1.22. The van der Waals surface area contributed by atoms with Crippen molar-refractivity contribution in [2.75, 3.05) is 0 Å². The Labute approximate surface area is 94.8 Å². The first kappa shape index (κ1) is 12.6. The number of carbonyl (C=O) groups excluding carboxylic acids is 1. The van der Waals surface area contributed by atoms with E-state index in [-0.39, 0.29) is 17.8 Å². The van der Waals surface area contributed by atoms with Crippen molar-refractivity contribution >= 4 is 5.91 Å². The first-order chi connectivity index (χ1) is 7.30. The predicted octanol–water partition coefficient (Wildman–Crippen LogP) is 1.74. The van der Waals surface area contributed by atoms with Gasteiger partial charge in [0.2, 0.25) is 5.91 Å². The number of hydrogen-bond donors (Lipinski definition) is 2. The Kier molecular flexibility index (Phi) is 3.65. The van der Waals surface area contributed by atoms with E-state index in [2.05, 4.69) is 5.32 Å². The van der Waals surface area contributed by atoms with Crippen LogP contribution in [0.4, 0.5) is 4.39 Å². The maximum absolute atomic E-state index is 12.7. The average Bonchev–Trinajstić information content (AvgIpc) is 2.17. The van der Waals surface area contributed by atoms with Crippen molar-refractivity contribution in [2.24, 2.45) is 5.73 Å². The number of carbonyl (C=O) groups is 1. The number of hydrogen-bond acceptors (Lipinski definition) is 2. The smallest absolute Gasteiger partial charge is 0.239 e. The van der Waals surface area contributed by atoms with Crippen LogP contribution in [0.15, 0.2) is 24.3 Å². The molecule has 1 atom stereocenters. The monoisotopic (exact) mass is 224 g/mol. The van der Waals surface area contributed by atoms with Crippen LogP contribution in [0.5, 0.6) is 0 Å². The van der Waals surface area contributed by atoms with Crippen molar-refractivity contribution in [1.29, 1.82) is 0 Å². The summed E-state index contributed by atoms with van der Waals surface area (Å²) in [6, 6.07) is 5.83. The van der Waals surface area contributed by atoms with Gasteiger partial charge in [0.25, 0.3) is 0 Å². The van der Waals surface area contributed by atoms with Crippen molar-refractivity contribution in [2.45, 2.75) is 32.4 Å². The van der Waals surface area contributed by atoms with Gasteiger partial charge in [-0.05, 0) is 38.5 Å². The standard InChI is InChI=1S/C12H17FN2O/c1-8(15-11(16)12(2,3)14)9-4-6-10(13)7-5-9/h4-8H,14H2,1-3H3,(H,15,16). The van der Waals surface area contributed by atoms with Crippen molar-refractivity contribution in [3.8, 4) is 0 Å². The third kappa shape index (κ3) is 3.31. The number of nitrogens with two attached hydrogens (primary N) is 1. The highest BCUT2D eigenvalue weighted by Crippen LogP contribution is 2.13. The maximum atomic E-state index is 12.7. The van der Waals surface area contributed by atoms with Gasteiger partial charge in [-0.2, -0.15) is 0 Å². The minimum absolute atomic E-state index is 0.184. The molecular weight excluding hydrogens is 207 g/mol. The molecule has 0 saturated carbocycles. The van der Waals surface area contributed by atoms with Gasteiger partial charge in [0.05, 0.1) is 11.6 Å². The summed E-state index contributed by atoms with van der Waals surface area (Å²) in [6.45, 7) is 5.11. The average molecular weight is 224 g/mol. The molecule has 0 aliphatic carbocycles. The van der Waals surface area contributed by atoms with Gasteiger partial charge in [0.1, 0.15) is 5.82 Å². The van der Waals surface area contributed by atoms with Crippen LogP contribution in [0, 0.1) is 5.82 Å². The molecule has 4 heteroatoms. The zero-order valence-electron chi connectivity index (χ0n) is 9.75. The first-order valence-electron chi connectivity index (χ1n) is 5.16. The Hall–Kier alpha value is -1.42. The van der Waals surface area contributed by atoms with E-state index in [0.717, 1.165) is 5.56 Å². The van der Waals surface area contributed by atoms with Crippen LogP contribution >= 0.6 is 0 Å². The molecule has 1 aromatic rings. The van der Waals surface area contributed by atoms with Crippen LogP contribution in [0.25, 0.3) is 0 Å². The first-order valence-corrected chi connectivity index (χ1v) is 5.16. The highest BCUT2D eigenvalue weighted by molar-refractivity contribution is 5.85. The lowest BCUT2D eigenvalue weighted by Crippen LogP contribution is -2.49. The molecule has 3 nitrogen and oxygen atoms in total. The minimum Gasteiger partial charge on any atom is -0.348 e. The SMILES string of the molecule is CC(NC(=O)C(C)(C)N)c1ccc(F)cc1. The largest absolute Gasteiger partial charge is 0.348 e. The molecule has 0 fully saturated rings. The summed E-state index contributed by atoms with van der Waals surface area (Å²) < 4.78 is 12.7. The van der Waals surface area contributed by atoms with Gasteiger partial charge < -0.3 is 11.1 Å². The zero-order valence-corrected chi connectivity index (χ0v) is 9.75. The van der Waals surface area contributed by atoms with E-state index in [4.69, 9.17) is 5.73 Å². The normalized spacial score (nSPS) is 13.3. The lowest BCUT2D eigenvalue weighted by atomic mass is 10.0. The molecule has 0 bridgehead atoms. The number of nitrogens with one attached hydrogen (secondary N) is 1. The van der Waals surface area contributed by atoms with E-state index >= 15 is 0 Å². The molecule has 1 amide bonds. The van der Waals surface area contributed by atoms with Crippen LogP contribution in [0.2, 0.25) is 0 Å². The Balaban J connectivity index is 2.69. The molecule has 0 heterocycles. The highest BCUT2D eigenvalue weighted by Gasteiger charge is 2.23. The van der Waals surface area contributed by atoms with Crippen LogP contribution < -0.4 is 11.1 Å². The Morgan fingerprint density at radius 3 is 2.31 bits per heavy atom. The number of halogens is 1. The quantitative estimate of drug-likeness (QED) is 0.821. The molecule has 0 aliphatic rings. The Morgan fingerprint density at radius 1 is 1.38 bits per heavy atom. The fourth-order valence-corrected chi connectivity index (χ4v) is 1.22. The lowest BCUT2D eigenvalue weighted by molar-refractivity contribution is -0.125. The molecule has 3 N–H and O–H groups in total. The van der Waals surface area contributed by atoms with E-state index in [1.54, 1.807) is 26.0 Å². The minimum atomic E-state index is -0.908. The van der Waals surface area contributed by atoms with Gasteiger partial charge in [0, 0.05) is 0 Å². The van der Waals surface area contributed by atoms with Crippen molar-refractivity contribution in [1.82, 2.24) is 5.32 Å². The Morgan fingerprint density at radius 2 is 1.88 bits per heavy atom. The molecule has 0 aromatic heterocycles. The number of amides is 1. The molecule has 1 aromatic carbocycles. The van der Waals surface area contributed by atoms with Gasteiger partial charge in [-0.1, -0.05) is 12.1 Å². The summed E-state index contributed by atoms with van der Waals surface area (Å²) in [5, 5.41) is 2.77. The van der Waals surface area contributed by atoms with E-state index < -0.39 is 5.54 Å². The van der Waals surface area contributed by atoms with Gasteiger partial charge >= 0.3 is 0 Å². The molecule has 0 saturated heterocycles. The summed E-state index contributed by atoms with van der Waals surface area (Å²) in [7, 11) is 0. The van der Waals surface area contributed by atoms with Gasteiger partial charge in [-0.15, -0.1) is 0 Å².